The molecule has 3 aromatic heterocycles. The molecule has 1 aliphatic rings. The highest BCUT2D eigenvalue weighted by atomic mass is 35.5. The Morgan fingerprint density at radius 3 is 2.72 bits per heavy atom. The first kappa shape index (κ1) is 19.1. The van der Waals surface area contributed by atoms with E-state index in [-0.39, 0.29) is 5.91 Å². The van der Waals surface area contributed by atoms with Crippen molar-refractivity contribution >= 4 is 28.8 Å². The van der Waals surface area contributed by atoms with E-state index in [0.717, 1.165) is 22.5 Å². The molecule has 1 aliphatic heterocycles. The zero-order chi connectivity index (χ0) is 20.4. The number of carbonyl (C=O) groups excluding carboxylic acids is 1. The van der Waals surface area contributed by atoms with Crippen molar-refractivity contribution in [1.29, 1.82) is 0 Å². The van der Waals surface area contributed by atoms with Crippen LogP contribution in [0.5, 0.6) is 5.75 Å². The van der Waals surface area contributed by atoms with Crippen LogP contribution >= 0.6 is 11.6 Å². The van der Waals surface area contributed by atoms with Crippen LogP contribution in [0.25, 0.3) is 16.6 Å². The molecule has 0 atom stereocenters. The Labute approximate surface area is 173 Å². The fraction of sp³-hybridized carbons (Fsp3) is 0.286. The highest BCUT2D eigenvalue weighted by Crippen LogP contribution is 2.33. The van der Waals surface area contributed by atoms with E-state index in [1.54, 1.807) is 15.6 Å². The summed E-state index contributed by atoms with van der Waals surface area (Å²) in [6.45, 7) is 5.07. The minimum absolute atomic E-state index is 0.260. The predicted octanol–water partition coefficient (Wildman–Crippen LogP) is 2.73. The summed E-state index contributed by atoms with van der Waals surface area (Å²) in [5.41, 5.74) is 2.64. The summed E-state index contributed by atoms with van der Waals surface area (Å²) in [5.74, 6) is 3.48. The summed E-state index contributed by atoms with van der Waals surface area (Å²) in [6, 6.07) is 5.94. The lowest BCUT2D eigenvalue weighted by atomic mass is 10.1. The van der Waals surface area contributed by atoms with Crippen molar-refractivity contribution in [3.63, 3.8) is 0 Å². The van der Waals surface area contributed by atoms with Gasteiger partial charge >= 0.3 is 0 Å². The van der Waals surface area contributed by atoms with Crippen LogP contribution in [0, 0.1) is 12.3 Å². The molecule has 0 N–H and O–H groups in total. The maximum absolute atomic E-state index is 11.6. The summed E-state index contributed by atoms with van der Waals surface area (Å²) in [7, 11) is 0. The number of ether oxygens (including phenoxy) is 1. The summed E-state index contributed by atoms with van der Waals surface area (Å²) < 4.78 is 7.38. The van der Waals surface area contributed by atoms with Crippen LogP contribution in [0.1, 0.15) is 6.92 Å². The van der Waals surface area contributed by atoms with Gasteiger partial charge in [0.15, 0.2) is 0 Å². The van der Waals surface area contributed by atoms with E-state index in [2.05, 4.69) is 20.9 Å². The van der Waals surface area contributed by atoms with Gasteiger partial charge in [0.25, 0.3) is 5.91 Å². The lowest BCUT2D eigenvalue weighted by molar-refractivity contribution is -0.125. The van der Waals surface area contributed by atoms with Crippen molar-refractivity contribution in [2.24, 2.45) is 0 Å². The Bertz CT molecular complexity index is 1080. The number of terminal acetylenes is 1. The lowest BCUT2D eigenvalue weighted by Gasteiger charge is -2.34. The molecule has 0 spiro atoms. The van der Waals surface area contributed by atoms with E-state index in [1.807, 2.05) is 37.5 Å². The van der Waals surface area contributed by atoms with Gasteiger partial charge in [-0.05, 0) is 31.0 Å². The van der Waals surface area contributed by atoms with Crippen LogP contribution in [0.15, 0.2) is 36.8 Å². The number of pyridine rings is 2. The maximum Gasteiger partial charge on any atom is 0.298 e. The molecule has 8 heteroatoms. The Kier molecular flexibility index (Phi) is 5.28. The number of fused-ring (bicyclic) bond motifs is 1. The first-order valence-corrected chi connectivity index (χ1v) is 9.75. The van der Waals surface area contributed by atoms with Gasteiger partial charge in [0.1, 0.15) is 11.6 Å². The number of halogens is 1. The Balaban J connectivity index is 1.60. The third-order valence-electron chi connectivity index (χ3n) is 4.93. The molecule has 1 saturated heterocycles. The third kappa shape index (κ3) is 3.71. The zero-order valence-electron chi connectivity index (χ0n) is 16.0. The fourth-order valence-electron chi connectivity index (χ4n) is 3.49. The summed E-state index contributed by atoms with van der Waals surface area (Å²) in [4.78, 5) is 20.1. The molecular formula is C21H20ClN5O2. The molecule has 148 valence electrons. The largest absolute Gasteiger partial charge is 0.492 e. The zero-order valence-corrected chi connectivity index (χ0v) is 16.8. The maximum atomic E-state index is 11.6. The second-order valence-electron chi connectivity index (χ2n) is 6.64. The van der Waals surface area contributed by atoms with Crippen molar-refractivity contribution < 1.29 is 9.53 Å². The SMILES string of the molecule is C#CC(=O)N1CCN(c2ccc(-c3cc(OCC)cn4ncc(Cl)c34)cn2)CC1. The van der Waals surface area contributed by atoms with Gasteiger partial charge in [-0.15, -0.1) is 6.42 Å². The summed E-state index contributed by atoms with van der Waals surface area (Å²) in [6.07, 6.45) is 10.5. The molecule has 0 bridgehead atoms. The average Bonchev–Trinajstić information content (AvgIpc) is 3.14. The number of carbonyl (C=O) groups is 1. The van der Waals surface area contributed by atoms with E-state index < -0.39 is 0 Å². The number of aromatic nitrogens is 3. The molecule has 4 heterocycles. The van der Waals surface area contributed by atoms with Crippen LogP contribution in [0.3, 0.4) is 0 Å². The van der Waals surface area contributed by atoms with Crippen molar-refractivity contribution in [2.45, 2.75) is 6.92 Å². The molecule has 1 fully saturated rings. The Hall–Kier alpha value is -3.24. The van der Waals surface area contributed by atoms with Crippen molar-refractivity contribution in [2.75, 3.05) is 37.7 Å². The first-order valence-electron chi connectivity index (χ1n) is 9.37. The summed E-state index contributed by atoms with van der Waals surface area (Å²) >= 11 is 6.36. The lowest BCUT2D eigenvalue weighted by Crippen LogP contribution is -2.48. The second-order valence-corrected chi connectivity index (χ2v) is 7.04. The molecule has 0 unspecified atom stereocenters. The van der Waals surface area contributed by atoms with Crippen LogP contribution in [0.4, 0.5) is 5.82 Å². The quantitative estimate of drug-likeness (QED) is 0.620. The minimum Gasteiger partial charge on any atom is -0.492 e. The molecular weight excluding hydrogens is 390 g/mol. The van der Waals surface area contributed by atoms with Gasteiger partial charge in [-0.2, -0.15) is 5.10 Å². The Morgan fingerprint density at radius 2 is 2.07 bits per heavy atom. The molecule has 7 nitrogen and oxygen atoms in total. The number of amides is 1. The number of hydrogen-bond donors (Lipinski definition) is 0. The van der Waals surface area contributed by atoms with E-state index in [0.29, 0.717) is 43.6 Å². The standard InChI is InChI=1S/C21H20ClN5O2/c1-3-20(28)26-9-7-25(8-10-26)19-6-5-15(12-23-19)17-11-16(29-4-2)14-27-21(17)18(22)13-24-27/h1,5-6,11-14H,4,7-10H2,2H3. The molecule has 0 aliphatic carbocycles. The van der Waals surface area contributed by atoms with Crippen molar-refractivity contribution in [1.82, 2.24) is 19.5 Å². The topological polar surface area (TPSA) is 63.0 Å². The summed E-state index contributed by atoms with van der Waals surface area (Å²) in [5, 5.41) is 4.87. The van der Waals surface area contributed by atoms with E-state index in [9.17, 15) is 4.79 Å². The molecule has 29 heavy (non-hydrogen) atoms. The first-order chi connectivity index (χ1) is 14.1. The second kappa shape index (κ2) is 8.02. The highest BCUT2D eigenvalue weighted by molar-refractivity contribution is 6.34. The van der Waals surface area contributed by atoms with Crippen LogP contribution in [0.2, 0.25) is 5.02 Å². The normalized spacial score (nSPS) is 14.1. The third-order valence-corrected chi connectivity index (χ3v) is 5.20. The highest BCUT2D eigenvalue weighted by Gasteiger charge is 2.21. The van der Waals surface area contributed by atoms with Gasteiger partial charge in [0.2, 0.25) is 0 Å². The van der Waals surface area contributed by atoms with Gasteiger partial charge in [-0.1, -0.05) is 11.6 Å². The molecule has 4 rings (SSSR count). The molecule has 0 radical (unpaired) electrons. The van der Waals surface area contributed by atoms with Gasteiger partial charge < -0.3 is 14.5 Å². The van der Waals surface area contributed by atoms with E-state index in [4.69, 9.17) is 22.8 Å². The minimum atomic E-state index is -0.260. The van der Waals surface area contributed by atoms with Crippen molar-refractivity contribution in [3.8, 4) is 29.2 Å². The van der Waals surface area contributed by atoms with Crippen LogP contribution in [-0.4, -0.2) is 58.2 Å². The van der Waals surface area contributed by atoms with Crippen LogP contribution in [-0.2, 0) is 4.79 Å². The van der Waals surface area contributed by atoms with Crippen LogP contribution < -0.4 is 9.64 Å². The average molecular weight is 410 g/mol. The molecule has 0 aromatic carbocycles. The fourth-order valence-corrected chi connectivity index (χ4v) is 3.72. The number of rotatable bonds is 4. The number of hydrogen-bond acceptors (Lipinski definition) is 5. The van der Waals surface area contributed by atoms with Gasteiger partial charge in [-0.25, -0.2) is 9.50 Å². The Morgan fingerprint density at radius 1 is 1.28 bits per heavy atom. The van der Waals surface area contributed by atoms with Gasteiger partial charge in [0, 0.05) is 43.5 Å². The smallest absolute Gasteiger partial charge is 0.298 e. The van der Waals surface area contributed by atoms with E-state index in [1.165, 1.54) is 0 Å². The monoisotopic (exact) mass is 409 g/mol. The number of nitrogens with zero attached hydrogens (tertiary/aromatic N) is 5. The predicted molar refractivity (Wildman–Crippen MR) is 112 cm³/mol. The van der Waals surface area contributed by atoms with E-state index >= 15 is 0 Å². The van der Waals surface area contributed by atoms with Gasteiger partial charge in [-0.3, -0.25) is 4.79 Å². The molecule has 3 aromatic rings. The molecule has 0 saturated carbocycles. The molecule has 1 amide bonds. The van der Waals surface area contributed by atoms with Gasteiger partial charge in [0.05, 0.1) is 29.5 Å². The number of piperazine rings is 1. The number of anilines is 1. The van der Waals surface area contributed by atoms with Crippen molar-refractivity contribution in [3.05, 3.63) is 41.8 Å².